The zero-order chi connectivity index (χ0) is 24.9. The Morgan fingerprint density at radius 1 is 1.14 bits per heavy atom. The minimum atomic E-state index is -0.250. The number of hydrogen-bond donors (Lipinski definition) is 1. The summed E-state index contributed by atoms with van der Waals surface area (Å²) < 4.78 is 12.9. The predicted molar refractivity (Wildman–Crippen MR) is 134 cm³/mol. The number of carbonyl (C=O) groups is 1. The Labute approximate surface area is 207 Å². The van der Waals surface area contributed by atoms with E-state index in [2.05, 4.69) is 70.9 Å². The van der Waals surface area contributed by atoms with Crippen molar-refractivity contribution in [3.8, 4) is 0 Å². The van der Waals surface area contributed by atoms with Gasteiger partial charge in [0.25, 0.3) is 5.91 Å². The standard InChI is InChI=1S/C27H37N5O3/c1-18(2)14-23(28-27(33)24-9-8-22(35-24)17-34-5)26-30-29-25-10-11-31(12-13-32(25)26)16-21-15-19(3)6-7-20(21)4/h6-9,15,18,23H,10-14,16-17H2,1-5H3,(H,28,33)/t23-/m1/s1. The molecule has 0 spiro atoms. The van der Waals surface area contributed by atoms with Crippen molar-refractivity contribution in [2.45, 2.75) is 66.3 Å². The van der Waals surface area contributed by atoms with E-state index in [1.807, 2.05) is 0 Å². The third-order valence-electron chi connectivity index (χ3n) is 6.54. The number of amides is 1. The van der Waals surface area contributed by atoms with Crippen LogP contribution in [0.1, 0.15) is 71.0 Å². The summed E-state index contributed by atoms with van der Waals surface area (Å²) >= 11 is 0. The quantitative estimate of drug-likeness (QED) is 0.495. The predicted octanol–water partition coefficient (Wildman–Crippen LogP) is 4.21. The molecule has 1 aromatic carbocycles. The number of aromatic nitrogens is 3. The molecule has 0 saturated carbocycles. The van der Waals surface area contributed by atoms with Crippen molar-refractivity contribution in [2.75, 3.05) is 20.2 Å². The van der Waals surface area contributed by atoms with Crippen molar-refractivity contribution < 1.29 is 13.9 Å². The van der Waals surface area contributed by atoms with Gasteiger partial charge >= 0.3 is 0 Å². The monoisotopic (exact) mass is 479 g/mol. The molecule has 8 nitrogen and oxygen atoms in total. The molecule has 1 amide bonds. The molecule has 4 rings (SSSR count). The zero-order valence-corrected chi connectivity index (χ0v) is 21.5. The van der Waals surface area contributed by atoms with E-state index in [9.17, 15) is 4.79 Å². The van der Waals surface area contributed by atoms with Crippen molar-refractivity contribution in [2.24, 2.45) is 5.92 Å². The van der Waals surface area contributed by atoms with Gasteiger partial charge in [0.15, 0.2) is 11.6 Å². The fourth-order valence-corrected chi connectivity index (χ4v) is 4.67. The number of nitrogens with zero attached hydrogens (tertiary/aromatic N) is 4. The highest BCUT2D eigenvalue weighted by molar-refractivity contribution is 5.91. The number of ether oxygens (including phenoxy) is 1. The summed E-state index contributed by atoms with van der Waals surface area (Å²) in [6.07, 6.45) is 1.60. The van der Waals surface area contributed by atoms with Gasteiger partial charge in [0.05, 0.1) is 6.04 Å². The first-order valence-corrected chi connectivity index (χ1v) is 12.4. The molecule has 0 bridgehead atoms. The van der Waals surface area contributed by atoms with Crippen molar-refractivity contribution >= 4 is 5.91 Å². The molecule has 188 valence electrons. The molecule has 2 aromatic heterocycles. The maximum atomic E-state index is 13.0. The van der Waals surface area contributed by atoms with E-state index in [1.54, 1.807) is 19.2 Å². The summed E-state index contributed by atoms with van der Waals surface area (Å²) in [7, 11) is 1.60. The summed E-state index contributed by atoms with van der Waals surface area (Å²) in [5, 5.41) is 12.2. The third kappa shape index (κ3) is 6.18. The van der Waals surface area contributed by atoms with E-state index < -0.39 is 0 Å². The van der Waals surface area contributed by atoms with E-state index in [0.717, 1.165) is 50.7 Å². The maximum absolute atomic E-state index is 13.0. The van der Waals surface area contributed by atoms with Crippen LogP contribution >= 0.6 is 0 Å². The second-order valence-electron chi connectivity index (χ2n) is 9.94. The average molecular weight is 480 g/mol. The number of carbonyl (C=O) groups excluding carboxylic acids is 1. The molecule has 1 aliphatic rings. The fourth-order valence-electron chi connectivity index (χ4n) is 4.67. The Morgan fingerprint density at radius 3 is 2.74 bits per heavy atom. The maximum Gasteiger partial charge on any atom is 0.287 e. The number of benzene rings is 1. The lowest BCUT2D eigenvalue weighted by Gasteiger charge is -2.22. The molecule has 1 N–H and O–H groups in total. The molecule has 8 heteroatoms. The van der Waals surface area contributed by atoms with Gasteiger partial charge in [-0.25, -0.2) is 0 Å². The van der Waals surface area contributed by atoms with E-state index in [1.165, 1.54) is 16.7 Å². The summed E-state index contributed by atoms with van der Waals surface area (Å²) in [5.41, 5.74) is 3.99. The molecule has 1 aliphatic heterocycles. The van der Waals surface area contributed by atoms with E-state index in [0.29, 0.717) is 18.3 Å². The molecule has 3 aromatic rings. The van der Waals surface area contributed by atoms with E-state index in [4.69, 9.17) is 9.15 Å². The summed E-state index contributed by atoms with van der Waals surface area (Å²) in [4.78, 5) is 15.5. The molecular weight excluding hydrogens is 442 g/mol. The molecular formula is C27H37N5O3. The van der Waals surface area contributed by atoms with Crippen molar-refractivity contribution in [3.63, 3.8) is 0 Å². The molecule has 1 atom stereocenters. The topological polar surface area (TPSA) is 85.4 Å². The van der Waals surface area contributed by atoms with Crippen LogP contribution in [0.2, 0.25) is 0 Å². The van der Waals surface area contributed by atoms with Crippen LogP contribution in [0.4, 0.5) is 0 Å². The largest absolute Gasteiger partial charge is 0.453 e. The number of furan rings is 1. The minimum Gasteiger partial charge on any atom is -0.453 e. The summed E-state index contributed by atoms with van der Waals surface area (Å²) in [5.74, 6) is 2.83. The van der Waals surface area contributed by atoms with Crippen LogP contribution in [0.15, 0.2) is 34.7 Å². The highest BCUT2D eigenvalue weighted by Crippen LogP contribution is 2.24. The number of methoxy groups -OCH3 is 1. The van der Waals surface area contributed by atoms with Crippen molar-refractivity contribution in [3.05, 3.63) is 70.2 Å². The first-order chi connectivity index (χ1) is 16.8. The van der Waals surface area contributed by atoms with Crippen molar-refractivity contribution in [1.29, 1.82) is 0 Å². The second-order valence-corrected chi connectivity index (χ2v) is 9.94. The van der Waals surface area contributed by atoms with Gasteiger partial charge in [0, 0.05) is 39.7 Å². The van der Waals surface area contributed by atoms with Crippen LogP contribution in [0, 0.1) is 19.8 Å². The van der Waals surface area contributed by atoms with Gasteiger partial charge in [-0.05, 0) is 49.4 Å². The lowest BCUT2D eigenvalue weighted by molar-refractivity contribution is 0.0892. The first-order valence-electron chi connectivity index (χ1n) is 12.4. The lowest BCUT2D eigenvalue weighted by atomic mass is 10.0. The van der Waals surface area contributed by atoms with Crippen LogP contribution in [0.3, 0.4) is 0 Å². The summed E-state index contributed by atoms with van der Waals surface area (Å²) in [6.45, 7) is 12.5. The number of nitrogens with one attached hydrogen (secondary N) is 1. The highest BCUT2D eigenvalue weighted by Gasteiger charge is 2.27. The second kappa shape index (κ2) is 11.2. The fraction of sp³-hybridized carbons (Fsp3) is 0.519. The van der Waals surface area contributed by atoms with Gasteiger partial charge in [-0.15, -0.1) is 10.2 Å². The molecule has 0 unspecified atom stereocenters. The smallest absolute Gasteiger partial charge is 0.287 e. The van der Waals surface area contributed by atoms with Gasteiger partial charge in [-0.3, -0.25) is 9.69 Å². The average Bonchev–Trinajstić information content (AvgIpc) is 3.40. The Morgan fingerprint density at radius 2 is 1.97 bits per heavy atom. The van der Waals surface area contributed by atoms with Crippen molar-refractivity contribution in [1.82, 2.24) is 25.0 Å². The molecule has 35 heavy (non-hydrogen) atoms. The normalized spacial score (nSPS) is 15.1. The lowest BCUT2D eigenvalue weighted by Crippen LogP contribution is -2.32. The van der Waals surface area contributed by atoms with Gasteiger partial charge in [0.1, 0.15) is 18.2 Å². The minimum absolute atomic E-state index is 0.245. The van der Waals surface area contributed by atoms with Crippen LogP contribution < -0.4 is 5.32 Å². The number of rotatable bonds is 9. The Hall–Kier alpha value is -2.97. The molecule has 0 radical (unpaired) electrons. The first kappa shape index (κ1) is 25.1. The van der Waals surface area contributed by atoms with Crippen LogP contribution in [-0.4, -0.2) is 45.8 Å². The molecule has 3 heterocycles. The van der Waals surface area contributed by atoms with E-state index in [-0.39, 0.29) is 17.7 Å². The SMILES string of the molecule is COCc1ccc(C(=O)N[C@H](CC(C)C)c2nnc3n2CCN(Cc2cc(C)ccc2C)CC3)o1. The number of fused-ring (bicyclic) bond motifs is 1. The molecule has 0 saturated heterocycles. The highest BCUT2D eigenvalue weighted by atomic mass is 16.5. The van der Waals surface area contributed by atoms with E-state index >= 15 is 0 Å². The Balaban J connectivity index is 1.49. The van der Waals surface area contributed by atoms with Gasteiger partial charge < -0.3 is 19.0 Å². The van der Waals surface area contributed by atoms with Crippen LogP contribution in [0.25, 0.3) is 0 Å². The van der Waals surface area contributed by atoms with Gasteiger partial charge in [-0.2, -0.15) is 0 Å². The van der Waals surface area contributed by atoms with Gasteiger partial charge in [0.2, 0.25) is 0 Å². The number of hydrogen-bond acceptors (Lipinski definition) is 6. The molecule has 0 aliphatic carbocycles. The van der Waals surface area contributed by atoms with Crippen LogP contribution in [-0.2, 0) is 30.9 Å². The third-order valence-corrected chi connectivity index (χ3v) is 6.54. The zero-order valence-electron chi connectivity index (χ0n) is 21.5. The Bertz CT molecular complexity index is 1150. The molecule has 0 fully saturated rings. The van der Waals surface area contributed by atoms with Gasteiger partial charge in [-0.1, -0.05) is 37.6 Å². The Kier molecular flexibility index (Phi) is 8.03. The summed E-state index contributed by atoms with van der Waals surface area (Å²) in [6, 6.07) is 9.86. The van der Waals surface area contributed by atoms with Crippen LogP contribution in [0.5, 0.6) is 0 Å². The number of aryl methyl sites for hydroxylation is 2.